The van der Waals surface area contributed by atoms with Crippen LogP contribution in [0.3, 0.4) is 0 Å². The van der Waals surface area contributed by atoms with Gasteiger partial charge in [0.05, 0.1) is 6.61 Å². The maximum absolute atomic E-state index is 11.3. The summed E-state index contributed by atoms with van der Waals surface area (Å²) >= 11 is 0. The summed E-state index contributed by atoms with van der Waals surface area (Å²) in [5.74, 6) is 0. The first-order chi connectivity index (χ1) is 8.72. The molecular weight excluding hydrogens is 232 g/mol. The summed E-state index contributed by atoms with van der Waals surface area (Å²) in [4.78, 5) is 11.3. The van der Waals surface area contributed by atoms with E-state index >= 15 is 0 Å². The second kappa shape index (κ2) is 8.49. The van der Waals surface area contributed by atoms with Crippen LogP contribution < -0.4 is 11.1 Å². The normalized spacial score (nSPS) is 11.9. The fraction of sp³-hybridized carbons (Fsp3) is 0.462. The van der Waals surface area contributed by atoms with Crippen molar-refractivity contribution in [2.45, 2.75) is 25.5 Å². The van der Waals surface area contributed by atoms with Crippen molar-refractivity contribution in [3.05, 3.63) is 35.9 Å². The number of alkyl carbamates (subject to hydrolysis) is 1. The highest BCUT2D eigenvalue weighted by atomic mass is 16.5. The van der Waals surface area contributed by atoms with Gasteiger partial charge in [-0.2, -0.15) is 0 Å². The van der Waals surface area contributed by atoms with Gasteiger partial charge in [-0.25, -0.2) is 4.79 Å². The van der Waals surface area contributed by atoms with Gasteiger partial charge in [0.2, 0.25) is 0 Å². The minimum absolute atomic E-state index is 0.0293. The second-order valence-electron chi connectivity index (χ2n) is 4.07. The van der Waals surface area contributed by atoms with Crippen molar-refractivity contribution in [3.63, 3.8) is 0 Å². The van der Waals surface area contributed by atoms with Gasteiger partial charge >= 0.3 is 6.09 Å². The molecule has 0 heterocycles. The lowest BCUT2D eigenvalue weighted by atomic mass is 10.2. The van der Waals surface area contributed by atoms with E-state index in [0.717, 1.165) is 12.0 Å². The first-order valence-corrected chi connectivity index (χ1v) is 6.03. The van der Waals surface area contributed by atoms with Gasteiger partial charge in [0, 0.05) is 12.6 Å². The average molecular weight is 252 g/mol. The third-order valence-corrected chi connectivity index (χ3v) is 2.47. The predicted octanol–water partition coefficient (Wildman–Crippen LogP) is 1.01. The quantitative estimate of drug-likeness (QED) is 0.632. The van der Waals surface area contributed by atoms with E-state index in [2.05, 4.69) is 5.32 Å². The molecule has 0 fully saturated rings. The number of aliphatic hydroxyl groups excluding tert-OH is 1. The Morgan fingerprint density at radius 1 is 1.39 bits per heavy atom. The van der Waals surface area contributed by atoms with Gasteiger partial charge in [-0.3, -0.25) is 0 Å². The van der Waals surface area contributed by atoms with Gasteiger partial charge < -0.3 is 20.9 Å². The largest absolute Gasteiger partial charge is 0.445 e. The molecule has 1 aromatic carbocycles. The monoisotopic (exact) mass is 252 g/mol. The summed E-state index contributed by atoms with van der Waals surface area (Å²) in [6, 6.07) is 9.28. The zero-order valence-electron chi connectivity index (χ0n) is 10.3. The molecule has 1 rings (SSSR count). The van der Waals surface area contributed by atoms with Crippen molar-refractivity contribution in [2.75, 3.05) is 13.2 Å². The van der Waals surface area contributed by atoms with Gasteiger partial charge in [-0.05, 0) is 18.4 Å². The standard InChI is InChI=1S/C13H20N2O3/c14-12(9-16)7-4-8-15-13(17)18-10-11-5-2-1-3-6-11/h1-3,5-6,12,16H,4,7-10,14H2,(H,15,17)/t12-/m0/s1. The maximum atomic E-state index is 11.3. The SMILES string of the molecule is N[C@H](CO)CCCNC(=O)OCc1ccccc1. The molecule has 1 amide bonds. The fourth-order valence-corrected chi connectivity index (χ4v) is 1.42. The van der Waals surface area contributed by atoms with Crippen LogP contribution in [0.4, 0.5) is 4.79 Å². The number of hydrogen-bond donors (Lipinski definition) is 3. The van der Waals surface area contributed by atoms with Crippen LogP contribution >= 0.6 is 0 Å². The molecule has 0 saturated carbocycles. The van der Waals surface area contributed by atoms with Gasteiger partial charge in [-0.15, -0.1) is 0 Å². The first-order valence-electron chi connectivity index (χ1n) is 6.03. The molecule has 0 aliphatic heterocycles. The number of carbonyl (C=O) groups excluding carboxylic acids is 1. The van der Waals surface area contributed by atoms with Gasteiger partial charge in [0.25, 0.3) is 0 Å². The Kier molecular flexibility index (Phi) is 6.83. The summed E-state index contributed by atoms with van der Waals surface area (Å²) in [5.41, 5.74) is 6.48. The zero-order chi connectivity index (χ0) is 13.2. The number of nitrogens with one attached hydrogen (secondary N) is 1. The van der Waals surface area contributed by atoms with Crippen molar-refractivity contribution < 1.29 is 14.6 Å². The Morgan fingerprint density at radius 3 is 2.78 bits per heavy atom. The van der Waals surface area contributed by atoms with Crippen molar-refractivity contribution in [3.8, 4) is 0 Å². The summed E-state index contributed by atoms with van der Waals surface area (Å²) < 4.78 is 5.03. The topological polar surface area (TPSA) is 84.6 Å². The Labute approximate surface area is 107 Å². The smallest absolute Gasteiger partial charge is 0.407 e. The van der Waals surface area contributed by atoms with Crippen molar-refractivity contribution in [1.29, 1.82) is 0 Å². The molecule has 18 heavy (non-hydrogen) atoms. The van der Waals surface area contributed by atoms with Gasteiger partial charge in [0.1, 0.15) is 6.61 Å². The molecule has 5 nitrogen and oxygen atoms in total. The van der Waals surface area contributed by atoms with Crippen molar-refractivity contribution >= 4 is 6.09 Å². The summed E-state index contributed by atoms with van der Waals surface area (Å²) in [6.45, 7) is 0.739. The molecule has 4 N–H and O–H groups in total. The molecule has 0 unspecified atom stereocenters. The third-order valence-electron chi connectivity index (χ3n) is 2.47. The van der Waals surface area contributed by atoms with Crippen LogP contribution in [0.25, 0.3) is 0 Å². The minimum Gasteiger partial charge on any atom is -0.445 e. The number of ether oxygens (including phenoxy) is 1. The van der Waals surface area contributed by atoms with Crippen molar-refractivity contribution in [1.82, 2.24) is 5.32 Å². The van der Waals surface area contributed by atoms with E-state index in [-0.39, 0.29) is 19.3 Å². The lowest BCUT2D eigenvalue weighted by Crippen LogP contribution is -2.28. The van der Waals surface area contributed by atoms with Crippen LogP contribution in [0.5, 0.6) is 0 Å². The zero-order valence-corrected chi connectivity index (χ0v) is 10.3. The number of carbonyl (C=O) groups is 1. The second-order valence-corrected chi connectivity index (χ2v) is 4.07. The highest BCUT2D eigenvalue weighted by molar-refractivity contribution is 5.67. The molecule has 5 heteroatoms. The van der Waals surface area contributed by atoms with E-state index in [1.807, 2.05) is 30.3 Å². The highest BCUT2D eigenvalue weighted by Crippen LogP contribution is 2.00. The molecule has 100 valence electrons. The molecule has 1 aromatic rings. The van der Waals surface area contributed by atoms with E-state index in [4.69, 9.17) is 15.6 Å². The molecule has 0 aliphatic rings. The molecule has 0 saturated heterocycles. The Bertz CT molecular complexity index is 343. The minimum atomic E-state index is -0.434. The number of rotatable bonds is 7. The van der Waals surface area contributed by atoms with E-state index in [9.17, 15) is 4.79 Å². The van der Waals surface area contributed by atoms with Crippen LogP contribution in [-0.2, 0) is 11.3 Å². The molecule has 0 radical (unpaired) electrons. The lowest BCUT2D eigenvalue weighted by Gasteiger charge is -2.09. The number of amides is 1. The van der Waals surface area contributed by atoms with Gasteiger partial charge in [0.15, 0.2) is 0 Å². The van der Waals surface area contributed by atoms with Crippen LogP contribution in [0.1, 0.15) is 18.4 Å². The third kappa shape index (κ3) is 6.22. The molecular formula is C13H20N2O3. The Hall–Kier alpha value is -1.59. The molecule has 0 bridgehead atoms. The number of hydrogen-bond acceptors (Lipinski definition) is 4. The number of benzene rings is 1. The van der Waals surface area contributed by atoms with Gasteiger partial charge in [-0.1, -0.05) is 30.3 Å². The van der Waals surface area contributed by atoms with Crippen LogP contribution in [0.2, 0.25) is 0 Å². The molecule has 1 atom stereocenters. The van der Waals surface area contributed by atoms with Crippen LogP contribution in [0.15, 0.2) is 30.3 Å². The van der Waals surface area contributed by atoms with E-state index in [0.29, 0.717) is 13.0 Å². The summed E-state index contributed by atoms with van der Waals surface area (Å²) in [5, 5.41) is 11.4. The van der Waals surface area contributed by atoms with Crippen LogP contribution in [-0.4, -0.2) is 30.4 Å². The first kappa shape index (κ1) is 14.5. The van der Waals surface area contributed by atoms with E-state index in [1.54, 1.807) is 0 Å². The lowest BCUT2D eigenvalue weighted by molar-refractivity contribution is 0.139. The molecule has 0 aromatic heterocycles. The average Bonchev–Trinajstić information content (AvgIpc) is 2.42. The number of nitrogens with two attached hydrogens (primary N) is 1. The van der Waals surface area contributed by atoms with Crippen LogP contribution in [0, 0.1) is 0 Å². The molecule has 0 spiro atoms. The predicted molar refractivity (Wildman–Crippen MR) is 68.9 cm³/mol. The summed E-state index contributed by atoms with van der Waals surface area (Å²) in [7, 11) is 0. The summed E-state index contributed by atoms with van der Waals surface area (Å²) in [6.07, 6.45) is 0.967. The van der Waals surface area contributed by atoms with E-state index in [1.165, 1.54) is 0 Å². The maximum Gasteiger partial charge on any atom is 0.407 e. The number of aliphatic hydroxyl groups is 1. The van der Waals surface area contributed by atoms with E-state index < -0.39 is 6.09 Å². The Balaban J connectivity index is 2.07. The fourth-order valence-electron chi connectivity index (χ4n) is 1.42. The molecule has 0 aliphatic carbocycles. The Morgan fingerprint density at radius 2 is 2.11 bits per heavy atom. The highest BCUT2D eigenvalue weighted by Gasteiger charge is 2.03. The van der Waals surface area contributed by atoms with Crippen molar-refractivity contribution in [2.24, 2.45) is 5.73 Å².